The molecule has 14 heteroatoms. The molecule has 13 nitrogen and oxygen atoms in total. The van der Waals surface area contributed by atoms with Crippen molar-refractivity contribution in [2.75, 3.05) is 71.9 Å². The van der Waals surface area contributed by atoms with Crippen LogP contribution < -0.4 is 9.47 Å². The maximum Gasteiger partial charge on any atom is 0.410 e. The van der Waals surface area contributed by atoms with E-state index in [0.29, 0.717) is 49.7 Å². The molecule has 0 radical (unpaired) electrons. The van der Waals surface area contributed by atoms with Crippen molar-refractivity contribution in [1.82, 2.24) is 4.90 Å². The van der Waals surface area contributed by atoms with Crippen molar-refractivity contribution >= 4 is 23.4 Å². The van der Waals surface area contributed by atoms with Gasteiger partial charge in [-0.15, -0.1) is 18.2 Å². The molecule has 1 aromatic rings. The van der Waals surface area contributed by atoms with Crippen molar-refractivity contribution in [3.05, 3.63) is 60.7 Å². The van der Waals surface area contributed by atoms with Crippen LogP contribution in [-0.4, -0.2) is 122 Å². The summed E-state index contributed by atoms with van der Waals surface area (Å²) >= 11 is 6.01. The number of rotatable bonds is 24. The number of aliphatic hydroxyl groups is 3. The smallest absolute Gasteiger partial charge is 0.410 e. The maximum atomic E-state index is 14.2. The second-order valence-electron chi connectivity index (χ2n) is 14.6. The highest BCUT2D eigenvalue weighted by Gasteiger charge is 2.65. The average Bonchev–Trinajstić information content (AvgIpc) is 3.22. The van der Waals surface area contributed by atoms with Gasteiger partial charge < -0.3 is 48.6 Å². The number of hydrogen-bond acceptors (Lipinski definition) is 12. The average molecular weight is 805 g/mol. The second kappa shape index (κ2) is 22.7. The predicted octanol–water partition coefficient (Wildman–Crippen LogP) is 6.10. The zero-order valence-corrected chi connectivity index (χ0v) is 33.3. The van der Waals surface area contributed by atoms with Gasteiger partial charge in [0.05, 0.1) is 50.5 Å². The molecule has 2 aliphatic carbocycles. The van der Waals surface area contributed by atoms with E-state index in [1.165, 1.54) is 0 Å². The van der Waals surface area contributed by atoms with Crippen LogP contribution in [0.1, 0.15) is 75.7 Å². The number of allylic oxidation sites excluding steroid dienone is 1. The van der Waals surface area contributed by atoms with Gasteiger partial charge >= 0.3 is 6.09 Å². The van der Waals surface area contributed by atoms with E-state index in [2.05, 4.69) is 19.2 Å². The number of halogens is 1. The first kappa shape index (κ1) is 43.9. The van der Waals surface area contributed by atoms with Crippen LogP contribution >= 0.6 is 11.6 Å². The quantitative estimate of drug-likeness (QED) is 0.0480. The van der Waals surface area contributed by atoms with E-state index in [4.69, 9.17) is 50.0 Å². The lowest BCUT2D eigenvalue weighted by atomic mass is 9.55. The highest BCUT2D eigenvalue weighted by Crippen LogP contribution is 2.62. The zero-order chi connectivity index (χ0) is 39.8. The number of carbonyl (C=O) groups is 1. The molecule has 3 N–H and O–H groups in total. The molecule has 1 aromatic carbocycles. The summed E-state index contributed by atoms with van der Waals surface area (Å²) in [5.74, 6) is -0.703. The number of alkyl halides is 1. The molecular formula is C42H61ClN2O11. The van der Waals surface area contributed by atoms with Crippen LogP contribution in [0.3, 0.4) is 0 Å². The third-order valence-corrected chi connectivity index (χ3v) is 11.2. The Kier molecular flexibility index (Phi) is 17.8. The standard InChI is InChI=1S/C42H61ClN2O11/c1-3-21-51-31-14-15-36-34(28-31)39-32(12-6-9-19-47)30(11-5-8-18-46)27-33-35(44-56-38-13-7-10-23-52-38)29-37(42(55-36,40(33)39)54-22-4-2)45(17-25-50-26-20-48)41(49)53-24-16-43/h3-4,14-15,27-28,30,32,37-40,46-48H,1-2,5-13,16-26,29H2/t30-,32+,37-,38?,39+,40+,42+/m0/s1. The van der Waals surface area contributed by atoms with Crippen LogP contribution in [0.5, 0.6) is 11.5 Å². The van der Waals surface area contributed by atoms with Gasteiger partial charge in [-0.05, 0) is 74.1 Å². The molecule has 1 unspecified atom stereocenters. The van der Waals surface area contributed by atoms with Gasteiger partial charge in [0.1, 0.15) is 30.8 Å². The van der Waals surface area contributed by atoms with E-state index in [0.717, 1.165) is 49.7 Å². The predicted molar refractivity (Wildman–Crippen MR) is 212 cm³/mol. The molecule has 56 heavy (non-hydrogen) atoms. The summed E-state index contributed by atoms with van der Waals surface area (Å²) < 4.78 is 37.6. The third kappa shape index (κ3) is 10.7. The number of ether oxygens (including phenoxy) is 6. The molecule has 4 aliphatic rings. The van der Waals surface area contributed by atoms with Crippen LogP contribution in [0.2, 0.25) is 0 Å². The van der Waals surface area contributed by atoms with Gasteiger partial charge in [-0.1, -0.05) is 42.8 Å². The normalized spacial score (nSPS) is 27.3. The Hall–Kier alpha value is -3.17. The third-order valence-electron chi connectivity index (χ3n) is 11.1. The summed E-state index contributed by atoms with van der Waals surface area (Å²) in [5, 5.41) is 34.0. The molecule has 0 spiro atoms. The topological polar surface area (TPSA) is 158 Å². The Labute approximate surface area is 336 Å². The van der Waals surface area contributed by atoms with Crippen molar-refractivity contribution in [3.63, 3.8) is 0 Å². The minimum absolute atomic E-state index is 0.0124. The van der Waals surface area contributed by atoms with Gasteiger partial charge in [0.15, 0.2) is 0 Å². The van der Waals surface area contributed by atoms with Crippen LogP contribution in [-0.2, 0) is 23.8 Å². The van der Waals surface area contributed by atoms with Gasteiger partial charge in [-0.2, -0.15) is 0 Å². The van der Waals surface area contributed by atoms with Crippen LogP contribution in [0.4, 0.5) is 4.79 Å². The fourth-order valence-electron chi connectivity index (χ4n) is 8.72. The Morgan fingerprint density at radius 3 is 2.54 bits per heavy atom. The van der Waals surface area contributed by atoms with Crippen LogP contribution in [0.15, 0.2) is 60.3 Å². The van der Waals surface area contributed by atoms with E-state index >= 15 is 0 Å². The van der Waals surface area contributed by atoms with Crippen molar-refractivity contribution in [1.29, 1.82) is 0 Å². The maximum absolute atomic E-state index is 14.2. The number of hydrogen-bond donors (Lipinski definition) is 3. The summed E-state index contributed by atoms with van der Waals surface area (Å²) in [6.07, 6.45) is 11.9. The lowest BCUT2D eigenvalue weighted by Gasteiger charge is -2.59. The first-order valence-electron chi connectivity index (χ1n) is 20.2. The summed E-state index contributed by atoms with van der Waals surface area (Å²) in [7, 11) is 0. The number of benzene rings is 1. The minimum Gasteiger partial charge on any atom is -0.490 e. The number of carbonyl (C=O) groups excluding carboxylic acids is 1. The Bertz CT molecular complexity index is 1470. The molecule has 2 heterocycles. The lowest BCUT2D eigenvalue weighted by Crippen LogP contribution is -2.70. The highest BCUT2D eigenvalue weighted by molar-refractivity contribution is 6.18. The Morgan fingerprint density at radius 2 is 1.82 bits per heavy atom. The van der Waals surface area contributed by atoms with Gasteiger partial charge in [-0.3, -0.25) is 4.90 Å². The first-order chi connectivity index (χ1) is 27.5. The number of aliphatic hydroxyl groups excluding tert-OH is 3. The highest BCUT2D eigenvalue weighted by atomic mass is 35.5. The van der Waals surface area contributed by atoms with Gasteiger partial charge in [0.2, 0.25) is 12.1 Å². The van der Waals surface area contributed by atoms with Gasteiger partial charge in [-0.25, -0.2) is 4.79 Å². The SMILES string of the molecule is C=CCOc1ccc2c(c1)[C@H]1[C@H](CCCCO)[C@@H](CCCCO)C=C3C(=NOC4CCCCO4)C[C@H](N(CCOCCO)C(=O)OCCCl)[C@@](OCC=C)(O2)[C@H]31. The van der Waals surface area contributed by atoms with E-state index in [-0.39, 0.29) is 82.8 Å². The van der Waals surface area contributed by atoms with Crippen LogP contribution in [0, 0.1) is 17.8 Å². The molecule has 0 bridgehead atoms. The molecule has 5 rings (SSSR count). The van der Waals surface area contributed by atoms with Gasteiger partial charge in [0, 0.05) is 44.1 Å². The number of amides is 1. The van der Waals surface area contributed by atoms with Crippen molar-refractivity contribution in [2.24, 2.45) is 22.9 Å². The van der Waals surface area contributed by atoms with Crippen LogP contribution in [0.25, 0.3) is 0 Å². The second-order valence-corrected chi connectivity index (χ2v) is 15.0. The molecule has 1 saturated heterocycles. The number of oxime groups is 1. The lowest BCUT2D eigenvalue weighted by molar-refractivity contribution is -0.256. The summed E-state index contributed by atoms with van der Waals surface area (Å²) in [5.41, 5.74) is 2.50. The van der Waals surface area contributed by atoms with Gasteiger partial charge in [0.25, 0.3) is 0 Å². The first-order valence-corrected chi connectivity index (χ1v) is 20.8. The summed E-state index contributed by atoms with van der Waals surface area (Å²) in [6, 6.07) is 4.99. The molecule has 2 aliphatic heterocycles. The summed E-state index contributed by atoms with van der Waals surface area (Å²) in [4.78, 5) is 21.9. The monoisotopic (exact) mass is 804 g/mol. The van der Waals surface area contributed by atoms with E-state index in [9.17, 15) is 20.1 Å². The van der Waals surface area contributed by atoms with Crippen molar-refractivity contribution < 1.29 is 53.4 Å². The van der Waals surface area contributed by atoms with E-state index < -0.39 is 30.1 Å². The molecule has 2 fully saturated rings. The molecule has 1 saturated carbocycles. The largest absolute Gasteiger partial charge is 0.490 e. The van der Waals surface area contributed by atoms with E-state index in [1.54, 1.807) is 17.1 Å². The fourth-order valence-corrected chi connectivity index (χ4v) is 8.80. The molecular weight excluding hydrogens is 744 g/mol. The number of unbranched alkanes of at least 4 members (excludes halogenated alkanes) is 2. The molecule has 1 amide bonds. The number of nitrogens with zero attached hydrogens (tertiary/aromatic N) is 2. The molecule has 312 valence electrons. The molecule has 7 atom stereocenters. The Balaban J connectivity index is 1.75. The summed E-state index contributed by atoms with van der Waals surface area (Å²) in [6.45, 7) is 9.14. The van der Waals surface area contributed by atoms with Crippen molar-refractivity contribution in [2.45, 2.75) is 88.2 Å². The Morgan fingerprint density at radius 1 is 1.02 bits per heavy atom. The number of fused-ring (bicyclic) bond motifs is 2. The fraction of sp³-hybridized carbons (Fsp3) is 0.667. The van der Waals surface area contributed by atoms with Crippen molar-refractivity contribution in [3.8, 4) is 11.5 Å². The zero-order valence-electron chi connectivity index (χ0n) is 32.6. The van der Waals surface area contributed by atoms with E-state index in [1.807, 2.05) is 18.2 Å². The minimum atomic E-state index is -1.47. The molecule has 0 aromatic heterocycles.